The summed E-state index contributed by atoms with van der Waals surface area (Å²) >= 11 is 0. The van der Waals surface area contributed by atoms with Gasteiger partial charge in [-0.3, -0.25) is 0 Å². The second kappa shape index (κ2) is 6.87. The molecule has 0 saturated carbocycles. The van der Waals surface area contributed by atoms with Crippen molar-refractivity contribution >= 4 is 22.3 Å². The molecule has 0 aliphatic carbocycles. The normalized spacial score (nSPS) is 12.4. The van der Waals surface area contributed by atoms with Crippen molar-refractivity contribution in [3.8, 4) is 0 Å². The molecular formula is C23H28N2. The molecule has 1 unspecified atom stereocenters. The van der Waals surface area contributed by atoms with Gasteiger partial charge in [0.2, 0.25) is 0 Å². The third-order valence-corrected chi connectivity index (χ3v) is 5.10. The molecule has 1 N–H and O–H groups in total. The van der Waals surface area contributed by atoms with Gasteiger partial charge in [0, 0.05) is 16.8 Å². The number of aryl methyl sites for hydroxylation is 4. The molecule has 2 heteroatoms. The summed E-state index contributed by atoms with van der Waals surface area (Å²) in [5.41, 5.74) is 7.43. The zero-order valence-electron chi connectivity index (χ0n) is 16.2. The van der Waals surface area contributed by atoms with Crippen LogP contribution in [0.5, 0.6) is 0 Å². The van der Waals surface area contributed by atoms with Crippen molar-refractivity contribution in [2.24, 2.45) is 0 Å². The second-order valence-electron chi connectivity index (χ2n) is 7.26. The first-order chi connectivity index (χ1) is 11.9. The number of pyridine rings is 1. The SMILES string of the molecule is CCC(C)c1cccc2c(Nc3c(C)cc(C)cc3C)nc(C)cc12. The van der Waals surface area contributed by atoms with Crippen molar-refractivity contribution < 1.29 is 0 Å². The first kappa shape index (κ1) is 17.5. The van der Waals surface area contributed by atoms with Crippen LogP contribution in [0.3, 0.4) is 0 Å². The van der Waals surface area contributed by atoms with Crippen LogP contribution in [0.2, 0.25) is 0 Å². The zero-order valence-corrected chi connectivity index (χ0v) is 16.2. The van der Waals surface area contributed by atoms with Gasteiger partial charge in [-0.1, -0.05) is 49.7 Å². The maximum absolute atomic E-state index is 4.82. The van der Waals surface area contributed by atoms with Gasteiger partial charge >= 0.3 is 0 Å². The van der Waals surface area contributed by atoms with Crippen LogP contribution in [-0.2, 0) is 0 Å². The highest BCUT2D eigenvalue weighted by Gasteiger charge is 2.13. The molecular weight excluding hydrogens is 304 g/mol. The van der Waals surface area contributed by atoms with Gasteiger partial charge in [0.05, 0.1) is 0 Å². The number of fused-ring (bicyclic) bond motifs is 1. The van der Waals surface area contributed by atoms with Crippen molar-refractivity contribution in [3.63, 3.8) is 0 Å². The van der Waals surface area contributed by atoms with E-state index in [9.17, 15) is 0 Å². The average Bonchev–Trinajstić information content (AvgIpc) is 2.56. The molecule has 0 aliphatic heterocycles. The first-order valence-corrected chi connectivity index (χ1v) is 9.15. The van der Waals surface area contributed by atoms with Crippen LogP contribution in [-0.4, -0.2) is 4.98 Å². The van der Waals surface area contributed by atoms with Crippen LogP contribution in [0, 0.1) is 27.7 Å². The van der Waals surface area contributed by atoms with Gasteiger partial charge in [0.25, 0.3) is 0 Å². The molecule has 1 aromatic heterocycles. The highest BCUT2D eigenvalue weighted by molar-refractivity contribution is 5.96. The molecule has 25 heavy (non-hydrogen) atoms. The quantitative estimate of drug-likeness (QED) is 0.573. The Kier molecular flexibility index (Phi) is 4.80. The van der Waals surface area contributed by atoms with E-state index in [2.05, 4.69) is 83.3 Å². The van der Waals surface area contributed by atoms with Gasteiger partial charge in [-0.15, -0.1) is 0 Å². The van der Waals surface area contributed by atoms with Crippen molar-refractivity contribution in [1.82, 2.24) is 4.98 Å². The van der Waals surface area contributed by atoms with E-state index in [0.29, 0.717) is 5.92 Å². The summed E-state index contributed by atoms with van der Waals surface area (Å²) in [5, 5.41) is 6.14. The number of nitrogens with zero attached hydrogens (tertiary/aromatic N) is 1. The fourth-order valence-electron chi connectivity index (χ4n) is 3.67. The molecule has 1 atom stereocenters. The fourth-order valence-corrected chi connectivity index (χ4v) is 3.67. The van der Waals surface area contributed by atoms with Gasteiger partial charge in [-0.25, -0.2) is 4.98 Å². The van der Waals surface area contributed by atoms with Crippen LogP contribution < -0.4 is 5.32 Å². The summed E-state index contributed by atoms with van der Waals surface area (Å²) in [6.07, 6.45) is 1.14. The molecule has 2 nitrogen and oxygen atoms in total. The minimum Gasteiger partial charge on any atom is -0.339 e. The average molecular weight is 332 g/mol. The van der Waals surface area contributed by atoms with Crippen LogP contribution >= 0.6 is 0 Å². The summed E-state index contributed by atoms with van der Waals surface area (Å²) in [6.45, 7) is 13.1. The number of benzene rings is 2. The maximum atomic E-state index is 4.82. The Balaban J connectivity index is 2.18. The molecule has 0 fully saturated rings. The van der Waals surface area contributed by atoms with E-state index < -0.39 is 0 Å². The van der Waals surface area contributed by atoms with Crippen molar-refractivity contribution in [2.75, 3.05) is 5.32 Å². The number of hydrogen-bond donors (Lipinski definition) is 1. The van der Waals surface area contributed by atoms with E-state index in [0.717, 1.165) is 17.9 Å². The maximum Gasteiger partial charge on any atom is 0.138 e. The second-order valence-corrected chi connectivity index (χ2v) is 7.26. The number of hydrogen-bond acceptors (Lipinski definition) is 2. The van der Waals surface area contributed by atoms with Gasteiger partial charge in [-0.05, 0) is 68.2 Å². The Morgan fingerprint density at radius 3 is 2.28 bits per heavy atom. The van der Waals surface area contributed by atoms with Crippen LogP contribution in [0.15, 0.2) is 36.4 Å². The molecule has 0 amide bonds. The minimum absolute atomic E-state index is 0.543. The molecule has 3 rings (SSSR count). The minimum atomic E-state index is 0.543. The predicted octanol–water partition coefficient (Wildman–Crippen LogP) is 6.73. The lowest BCUT2D eigenvalue weighted by molar-refractivity contribution is 0.739. The third-order valence-electron chi connectivity index (χ3n) is 5.10. The molecule has 1 heterocycles. The Hall–Kier alpha value is -2.35. The van der Waals surface area contributed by atoms with Crippen LogP contribution in [0.4, 0.5) is 11.5 Å². The molecule has 0 aliphatic rings. The predicted molar refractivity (Wildman–Crippen MR) is 109 cm³/mol. The summed E-state index contributed by atoms with van der Waals surface area (Å²) in [7, 11) is 0. The molecule has 130 valence electrons. The smallest absolute Gasteiger partial charge is 0.138 e. The summed E-state index contributed by atoms with van der Waals surface area (Å²) < 4.78 is 0. The Bertz CT molecular complexity index is 902. The largest absolute Gasteiger partial charge is 0.339 e. The van der Waals surface area contributed by atoms with Gasteiger partial charge in [0.1, 0.15) is 5.82 Å². The lowest BCUT2D eigenvalue weighted by atomic mass is 9.93. The number of aromatic nitrogens is 1. The van der Waals surface area contributed by atoms with E-state index in [4.69, 9.17) is 4.98 Å². The Morgan fingerprint density at radius 2 is 1.64 bits per heavy atom. The van der Waals surface area contributed by atoms with Crippen LogP contribution in [0.1, 0.15) is 54.1 Å². The highest BCUT2D eigenvalue weighted by atomic mass is 15.0. The monoisotopic (exact) mass is 332 g/mol. The first-order valence-electron chi connectivity index (χ1n) is 9.15. The summed E-state index contributed by atoms with van der Waals surface area (Å²) in [4.78, 5) is 4.82. The summed E-state index contributed by atoms with van der Waals surface area (Å²) in [6, 6.07) is 13.2. The summed E-state index contributed by atoms with van der Waals surface area (Å²) in [5.74, 6) is 1.50. The van der Waals surface area contributed by atoms with E-state index >= 15 is 0 Å². The topological polar surface area (TPSA) is 24.9 Å². The van der Waals surface area contributed by atoms with Gasteiger partial charge < -0.3 is 5.32 Å². The van der Waals surface area contributed by atoms with E-state index in [1.54, 1.807) is 0 Å². The highest BCUT2D eigenvalue weighted by Crippen LogP contribution is 2.34. The third kappa shape index (κ3) is 3.39. The van der Waals surface area contributed by atoms with Crippen molar-refractivity contribution in [1.29, 1.82) is 0 Å². The zero-order chi connectivity index (χ0) is 18.1. The standard InChI is InChI=1S/C23H28N2/c1-7-15(3)19-9-8-10-20-21(19)13-18(6)24-23(20)25-22-16(4)11-14(2)12-17(22)5/h8-13,15H,7H2,1-6H3,(H,24,25). The molecule has 0 saturated heterocycles. The lowest BCUT2D eigenvalue weighted by Crippen LogP contribution is -2.02. The molecule has 0 spiro atoms. The van der Waals surface area contributed by atoms with Crippen molar-refractivity contribution in [3.05, 3.63) is 64.3 Å². The van der Waals surface area contributed by atoms with E-state index in [-0.39, 0.29) is 0 Å². The van der Waals surface area contributed by atoms with E-state index in [1.807, 2.05) is 0 Å². The number of rotatable bonds is 4. The Morgan fingerprint density at radius 1 is 0.960 bits per heavy atom. The van der Waals surface area contributed by atoms with Gasteiger partial charge in [-0.2, -0.15) is 0 Å². The molecule has 3 aromatic rings. The molecule has 0 bridgehead atoms. The van der Waals surface area contributed by atoms with Crippen LogP contribution in [0.25, 0.3) is 10.8 Å². The van der Waals surface area contributed by atoms with Crippen molar-refractivity contribution in [2.45, 2.75) is 53.9 Å². The molecule has 2 aromatic carbocycles. The lowest BCUT2D eigenvalue weighted by Gasteiger charge is -2.18. The fraction of sp³-hybridized carbons (Fsp3) is 0.348. The number of anilines is 2. The van der Waals surface area contributed by atoms with E-state index in [1.165, 1.54) is 38.7 Å². The number of nitrogens with one attached hydrogen (secondary N) is 1. The molecule has 0 radical (unpaired) electrons. The van der Waals surface area contributed by atoms with Gasteiger partial charge in [0.15, 0.2) is 0 Å². The Labute approximate surface area is 151 Å².